The second-order valence-electron chi connectivity index (χ2n) is 8.64. The monoisotopic (exact) mass is 454 g/mol. The molecule has 0 aromatic heterocycles. The zero-order valence-corrected chi connectivity index (χ0v) is 19.8. The Morgan fingerprint density at radius 1 is 0.833 bits per heavy atom. The molecule has 0 radical (unpaired) electrons. The maximum Gasteiger partial charge on any atom is 0.294 e. The molecule has 2 N–H and O–H groups in total. The van der Waals surface area contributed by atoms with Gasteiger partial charge in [0.1, 0.15) is 0 Å². The molecule has 0 fully saturated rings. The summed E-state index contributed by atoms with van der Waals surface area (Å²) < 4.78 is 68.0. The van der Waals surface area contributed by atoms with Crippen molar-refractivity contribution in [2.24, 2.45) is 5.41 Å². The molecular formula is C22H30O6S2. The Morgan fingerprint density at radius 2 is 1.23 bits per heavy atom. The lowest BCUT2D eigenvalue weighted by Gasteiger charge is -2.39. The fraction of sp³-hybridized carbons (Fsp3) is 0.455. The Balaban J connectivity index is 2.89. The van der Waals surface area contributed by atoms with E-state index < -0.39 is 37.5 Å². The molecule has 0 spiro atoms. The van der Waals surface area contributed by atoms with Crippen LogP contribution in [-0.4, -0.2) is 25.9 Å². The van der Waals surface area contributed by atoms with E-state index in [-0.39, 0.29) is 9.79 Å². The molecular weight excluding hydrogens is 424 g/mol. The minimum absolute atomic E-state index is 0.187. The van der Waals surface area contributed by atoms with Crippen molar-refractivity contribution in [1.29, 1.82) is 0 Å². The summed E-state index contributed by atoms with van der Waals surface area (Å²) in [4.78, 5) is -0.383. The first-order valence-electron chi connectivity index (χ1n) is 9.75. The van der Waals surface area contributed by atoms with Gasteiger partial charge in [0.05, 0.1) is 9.79 Å². The van der Waals surface area contributed by atoms with Crippen LogP contribution in [0.2, 0.25) is 0 Å². The van der Waals surface area contributed by atoms with Crippen LogP contribution in [0.5, 0.6) is 0 Å². The van der Waals surface area contributed by atoms with E-state index in [2.05, 4.69) is 0 Å². The van der Waals surface area contributed by atoms with Gasteiger partial charge in [0.15, 0.2) is 0 Å². The quantitative estimate of drug-likeness (QED) is 0.562. The van der Waals surface area contributed by atoms with Gasteiger partial charge in [0.25, 0.3) is 20.2 Å². The summed E-state index contributed by atoms with van der Waals surface area (Å²) in [6, 6.07) is 9.40. The van der Waals surface area contributed by atoms with Crippen LogP contribution in [0, 0.1) is 19.3 Å². The summed E-state index contributed by atoms with van der Waals surface area (Å²) in [5, 5.41) is 0. The first kappa shape index (κ1) is 24.5. The van der Waals surface area contributed by atoms with E-state index in [4.69, 9.17) is 0 Å². The van der Waals surface area contributed by atoms with Gasteiger partial charge in [-0.15, -0.1) is 0 Å². The molecule has 6 nitrogen and oxygen atoms in total. The molecule has 0 aliphatic heterocycles. The molecule has 8 heteroatoms. The highest BCUT2D eigenvalue weighted by Gasteiger charge is 2.39. The summed E-state index contributed by atoms with van der Waals surface area (Å²) in [5.74, 6) is -0.930. The fourth-order valence-corrected chi connectivity index (χ4v) is 5.68. The molecule has 2 unspecified atom stereocenters. The second kappa shape index (κ2) is 8.42. The first-order chi connectivity index (χ1) is 13.6. The highest BCUT2D eigenvalue weighted by molar-refractivity contribution is 7.86. The summed E-state index contributed by atoms with van der Waals surface area (Å²) in [5.41, 5.74) is 2.02. The molecule has 166 valence electrons. The molecule has 30 heavy (non-hydrogen) atoms. The Hall–Kier alpha value is -1.74. The largest absolute Gasteiger partial charge is 0.294 e. The maximum absolute atomic E-state index is 12.1. The van der Waals surface area contributed by atoms with Gasteiger partial charge in [-0.25, -0.2) is 0 Å². The lowest BCUT2D eigenvalue weighted by Crippen LogP contribution is -2.28. The molecule has 0 heterocycles. The molecule has 0 saturated heterocycles. The zero-order chi connectivity index (χ0) is 23.1. The van der Waals surface area contributed by atoms with E-state index in [9.17, 15) is 25.9 Å². The molecule has 0 saturated carbocycles. The molecule has 0 amide bonds. The Kier molecular flexibility index (Phi) is 6.88. The van der Waals surface area contributed by atoms with Crippen LogP contribution in [0.15, 0.2) is 46.2 Å². The van der Waals surface area contributed by atoms with Gasteiger partial charge in [-0.3, -0.25) is 9.11 Å². The number of benzene rings is 2. The highest BCUT2D eigenvalue weighted by atomic mass is 32.2. The lowest BCUT2D eigenvalue weighted by atomic mass is 9.65. The van der Waals surface area contributed by atoms with Crippen molar-refractivity contribution < 1.29 is 25.9 Å². The zero-order valence-electron chi connectivity index (χ0n) is 18.2. The third-order valence-corrected chi connectivity index (χ3v) is 7.82. The van der Waals surface area contributed by atoms with Crippen molar-refractivity contribution in [2.75, 3.05) is 0 Å². The first-order valence-corrected chi connectivity index (χ1v) is 12.6. The molecule has 2 atom stereocenters. The predicted molar refractivity (Wildman–Crippen MR) is 117 cm³/mol. The molecule has 0 bridgehead atoms. The van der Waals surface area contributed by atoms with E-state index in [0.717, 1.165) is 11.1 Å². The van der Waals surface area contributed by atoms with Crippen LogP contribution in [0.4, 0.5) is 0 Å². The van der Waals surface area contributed by atoms with Crippen LogP contribution in [0.25, 0.3) is 0 Å². The lowest BCUT2D eigenvalue weighted by molar-refractivity contribution is 0.241. The standard InChI is InChI=1S/C22H30O6S2/c1-7-22(5,6)21(18-13-15(3)9-11-20(18)30(26,27)28)16(4)17-12-14(2)8-10-19(17)29(23,24)25/h8-13,16,21H,7H2,1-6H3,(H,23,24,25)(H,26,27,28). The van der Waals surface area contributed by atoms with Crippen molar-refractivity contribution in [1.82, 2.24) is 0 Å². The number of hydrogen-bond acceptors (Lipinski definition) is 4. The average Bonchev–Trinajstić information content (AvgIpc) is 2.59. The summed E-state index contributed by atoms with van der Waals surface area (Å²) in [6.07, 6.45) is 0.674. The highest BCUT2D eigenvalue weighted by Crippen LogP contribution is 2.50. The Bertz CT molecular complexity index is 1150. The Labute approximate surface area is 179 Å². The van der Waals surface area contributed by atoms with Gasteiger partial charge in [-0.05, 0) is 54.4 Å². The van der Waals surface area contributed by atoms with Crippen molar-refractivity contribution >= 4 is 20.2 Å². The second-order valence-corrected chi connectivity index (χ2v) is 11.4. The van der Waals surface area contributed by atoms with Crippen molar-refractivity contribution in [2.45, 2.75) is 69.6 Å². The van der Waals surface area contributed by atoms with E-state index in [0.29, 0.717) is 17.5 Å². The van der Waals surface area contributed by atoms with E-state index in [1.54, 1.807) is 24.3 Å². The Morgan fingerprint density at radius 3 is 1.63 bits per heavy atom. The van der Waals surface area contributed by atoms with Crippen molar-refractivity contribution in [3.05, 3.63) is 58.7 Å². The minimum Gasteiger partial charge on any atom is -0.282 e. The normalized spacial score (nSPS) is 15.1. The average molecular weight is 455 g/mol. The molecule has 2 rings (SSSR count). The number of aryl methyl sites for hydroxylation is 2. The van der Waals surface area contributed by atoms with E-state index in [1.165, 1.54) is 12.1 Å². The van der Waals surface area contributed by atoms with Gasteiger partial charge < -0.3 is 0 Å². The molecule has 2 aromatic rings. The van der Waals surface area contributed by atoms with Crippen LogP contribution in [-0.2, 0) is 20.2 Å². The predicted octanol–water partition coefficient (Wildman–Crippen LogP) is 5.12. The number of hydrogen-bond donors (Lipinski definition) is 2. The number of rotatable bonds is 7. The van der Waals surface area contributed by atoms with Gasteiger partial charge in [-0.1, -0.05) is 69.5 Å². The summed E-state index contributed by atoms with van der Waals surface area (Å²) in [7, 11) is -8.97. The minimum atomic E-state index is -4.49. The SMILES string of the molecule is CCC(C)(C)C(c1cc(C)ccc1S(=O)(=O)O)C(C)c1cc(C)ccc1S(=O)(=O)O. The van der Waals surface area contributed by atoms with E-state index in [1.807, 2.05) is 41.5 Å². The van der Waals surface area contributed by atoms with E-state index >= 15 is 0 Å². The van der Waals surface area contributed by atoms with Gasteiger partial charge in [0, 0.05) is 0 Å². The third-order valence-electron chi connectivity index (χ3n) is 5.97. The maximum atomic E-state index is 12.1. The van der Waals surface area contributed by atoms with Crippen LogP contribution >= 0.6 is 0 Å². The van der Waals surface area contributed by atoms with Gasteiger partial charge in [0.2, 0.25) is 0 Å². The van der Waals surface area contributed by atoms with Crippen molar-refractivity contribution in [3.8, 4) is 0 Å². The van der Waals surface area contributed by atoms with Crippen LogP contribution < -0.4 is 0 Å². The van der Waals surface area contributed by atoms with Gasteiger partial charge >= 0.3 is 0 Å². The van der Waals surface area contributed by atoms with Crippen LogP contribution in [0.3, 0.4) is 0 Å². The summed E-state index contributed by atoms with van der Waals surface area (Å²) in [6.45, 7) is 11.4. The third kappa shape index (κ3) is 5.11. The van der Waals surface area contributed by atoms with Crippen molar-refractivity contribution in [3.63, 3.8) is 0 Å². The molecule has 0 aliphatic carbocycles. The van der Waals surface area contributed by atoms with Crippen LogP contribution in [0.1, 0.15) is 68.2 Å². The molecule has 2 aromatic carbocycles. The molecule has 0 aliphatic rings. The fourth-order valence-electron chi connectivity index (χ4n) is 4.17. The smallest absolute Gasteiger partial charge is 0.282 e. The summed E-state index contributed by atoms with van der Waals surface area (Å²) >= 11 is 0. The van der Waals surface area contributed by atoms with Gasteiger partial charge in [-0.2, -0.15) is 16.8 Å². The topological polar surface area (TPSA) is 109 Å².